The molecule has 1 fully saturated rings. The van der Waals surface area contributed by atoms with Crippen molar-refractivity contribution in [2.45, 2.75) is 50.2 Å². The van der Waals surface area contributed by atoms with Crippen molar-refractivity contribution in [1.82, 2.24) is 5.32 Å². The van der Waals surface area contributed by atoms with Crippen molar-refractivity contribution in [1.29, 1.82) is 0 Å². The van der Waals surface area contributed by atoms with Gasteiger partial charge in [-0.2, -0.15) is 0 Å². The van der Waals surface area contributed by atoms with Gasteiger partial charge in [-0.3, -0.25) is 0 Å². The van der Waals surface area contributed by atoms with Gasteiger partial charge in [0.2, 0.25) is 0 Å². The average molecular weight is 325 g/mol. The Balaban J connectivity index is 1.41. The Labute approximate surface area is 144 Å². The smallest absolute Gasteiger partial charge is 0.119 e. The predicted molar refractivity (Wildman–Crippen MR) is 97.1 cm³/mol. The molecule has 1 saturated carbocycles. The van der Waals surface area contributed by atoms with Crippen LogP contribution in [0.3, 0.4) is 0 Å². The summed E-state index contributed by atoms with van der Waals surface area (Å²) in [6, 6.07) is 18.1. The number of phenols is 1. The number of nitrogens with one attached hydrogen (secondary N) is 1. The summed E-state index contributed by atoms with van der Waals surface area (Å²) in [5.41, 5.74) is 2.08. The second-order valence-corrected chi connectivity index (χ2v) is 6.78. The molecule has 0 saturated heterocycles. The Morgan fingerprint density at radius 1 is 0.917 bits per heavy atom. The molecular weight excluding hydrogens is 298 g/mol. The van der Waals surface area contributed by atoms with Gasteiger partial charge in [0.25, 0.3) is 0 Å². The fourth-order valence-electron chi connectivity index (χ4n) is 3.71. The molecule has 0 heterocycles. The molecule has 0 radical (unpaired) electrons. The second-order valence-electron chi connectivity index (χ2n) is 6.78. The number of hydrogen-bond acceptors (Lipinski definition) is 3. The van der Waals surface area contributed by atoms with Gasteiger partial charge in [0, 0.05) is 6.04 Å². The number of benzene rings is 2. The lowest BCUT2D eigenvalue weighted by atomic mass is 9.81. The van der Waals surface area contributed by atoms with E-state index in [2.05, 4.69) is 5.32 Å². The molecule has 3 rings (SSSR count). The zero-order valence-electron chi connectivity index (χ0n) is 14.1. The molecule has 3 nitrogen and oxygen atoms in total. The van der Waals surface area contributed by atoms with E-state index < -0.39 is 6.10 Å². The summed E-state index contributed by atoms with van der Waals surface area (Å²) in [4.78, 5) is 0. The van der Waals surface area contributed by atoms with Crippen molar-refractivity contribution in [2.24, 2.45) is 0 Å². The molecule has 0 spiro atoms. The summed E-state index contributed by atoms with van der Waals surface area (Å²) in [5.74, 6) is 0.902. The van der Waals surface area contributed by atoms with Crippen LogP contribution in [0.1, 0.15) is 55.3 Å². The van der Waals surface area contributed by atoms with Crippen LogP contribution in [0.25, 0.3) is 0 Å². The minimum absolute atomic E-state index is 0.392. The standard InChI is InChI=1S/C21H27NO2/c23-20(17-6-2-1-3-7-17)14-15-22-18-12-10-16(11-13-18)19-8-4-5-9-21(19)24/h1-9,16,18,20,22-24H,10-15H2. The molecule has 1 aliphatic carbocycles. The van der Waals surface area contributed by atoms with E-state index in [4.69, 9.17) is 0 Å². The first-order valence-electron chi connectivity index (χ1n) is 8.98. The minimum Gasteiger partial charge on any atom is -0.508 e. The van der Waals surface area contributed by atoms with E-state index in [1.165, 1.54) is 0 Å². The van der Waals surface area contributed by atoms with E-state index in [1.54, 1.807) is 6.07 Å². The van der Waals surface area contributed by atoms with Gasteiger partial charge in [0.05, 0.1) is 6.10 Å². The third-order valence-electron chi connectivity index (χ3n) is 5.14. The van der Waals surface area contributed by atoms with Gasteiger partial charge in [-0.15, -0.1) is 0 Å². The zero-order valence-corrected chi connectivity index (χ0v) is 14.1. The molecule has 1 unspecified atom stereocenters. The number of aliphatic hydroxyl groups excluding tert-OH is 1. The third kappa shape index (κ3) is 4.37. The van der Waals surface area contributed by atoms with Gasteiger partial charge in [-0.1, -0.05) is 48.5 Å². The first kappa shape index (κ1) is 17.0. The Morgan fingerprint density at radius 2 is 1.58 bits per heavy atom. The SMILES string of the molecule is Oc1ccccc1C1CCC(NCCC(O)c2ccccc2)CC1. The maximum atomic E-state index is 10.2. The summed E-state index contributed by atoms with van der Waals surface area (Å²) in [6.45, 7) is 0.835. The number of hydrogen-bond donors (Lipinski definition) is 3. The monoisotopic (exact) mass is 325 g/mol. The molecular formula is C21H27NO2. The first-order chi connectivity index (χ1) is 11.7. The molecule has 24 heavy (non-hydrogen) atoms. The van der Waals surface area contributed by atoms with Crippen LogP contribution in [0.5, 0.6) is 5.75 Å². The summed E-state index contributed by atoms with van der Waals surface area (Å²) in [5, 5.41) is 23.8. The summed E-state index contributed by atoms with van der Waals surface area (Å²) in [6.07, 6.45) is 4.81. The Morgan fingerprint density at radius 3 is 2.29 bits per heavy atom. The van der Waals surface area contributed by atoms with Crippen LogP contribution in [-0.4, -0.2) is 22.8 Å². The van der Waals surface area contributed by atoms with Gasteiger partial charge < -0.3 is 15.5 Å². The predicted octanol–water partition coefficient (Wildman–Crippen LogP) is 4.13. The van der Waals surface area contributed by atoms with Crippen molar-refractivity contribution >= 4 is 0 Å². The summed E-state index contributed by atoms with van der Waals surface area (Å²) < 4.78 is 0. The molecule has 0 bridgehead atoms. The van der Waals surface area contributed by atoms with E-state index in [9.17, 15) is 10.2 Å². The van der Waals surface area contributed by atoms with Gasteiger partial charge in [-0.25, -0.2) is 0 Å². The molecule has 1 aliphatic rings. The molecule has 3 heteroatoms. The van der Waals surface area contributed by atoms with Crippen molar-refractivity contribution in [3.05, 3.63) is 65.7 Å². The number of aromatic hydroxyl groups is 1. The molecule has 0 aliphatic heterocycles. The molecule has 0 amide bonds. The average Bonchev–Trinajstić information content (AvgIpc) is 2.63. The van der Waals surface area contributed by atoms with Crippen LogP contribution >= 0.6 is 0 Å². The highest BCUT2D eigenvalue weighted by Gasteiger charge is 2.23. The fraction of sp³-hybridized carbons (Fsp3) is 0.429. The summed E-state index contributed by atoms with van der Waals surface area (Å²) >= 11 is 0. The second kappa shape index (κ2) is 8.32. The highest BCUT2D eigenvalue weighted by molar-refractivity contribution is 5.35. The van der Waals surface area contributed by atoms with Crippen LogP contribution in [0.4, 0.5) is 0 Å². The summed E-state index contributed by atoms with van der Waals surface area (Å²) in [7, 11) is 0. The number of aliphatic hydroxyl groups is 1. The van der Waals surface area contributed by atoms with Crippen molar-refractivity contribution in [3.63, 3.8) is 0 Å². The van der Waals surface area contributed by atoms with Crippen molar-refractivity contribution in [3.8, 4) is 5.75 Å². The lowest BCUT2D eigenvalue weighted by molar-refractivity contribution is 0.164. The van der Waals surface area contributed by atoms with E-state index in [0.717, 1.165) is 49.8 Å². The molecule has 128 valence electrons. The topological polar surface area (TPSA) is 52.5 Å². The van der Waals surface area contributed by atoms with Crippen LogP contribution in [0, 0.1) is 0 Å². The number of para-hydroxylation sites is 1. The maximum absolute atomic E-state index is 10.2. The van der Waals surface area contributed by atoms with Gasteiger partial charge >= 0.3 is 0 Å². The fourth-order valence-corrected chi connectivity index (χ4v) is 3.71. The Kier molecular flexibility index (Phi) is 5.89. The van der Waals surface area contributed by atoms with Gasteiger partial charge in [0.15, 0.2) is 0 Å². The third-order valence-corrected chi connectivity index (χ3v) is 5.14. The van der Waals surface area contributed by atoms with Crippen molar-refractivity contribution < 1.29 is 10.2 Å². The molecule has 2 aromatic carbocycles. The maximum Gasteiger partial charge on any atom is 0.119 e. The quantitative estimate of drug-likeness (QED) is 0.748. The van der Waals surface area contributed by atoms with E-state index in [1.807, 2.05) is 48.5 Å². The van der Waals surface area contributed by atoms with E-state index in [-0.39, 0.29) is 0 Å². The van der Waals surface area contributed by atoms with Gasteiger partial charge in [0.1, 0.15) is 5.75 Å². The van der Waals surface area contributed by atoms with Crippen LogP contribution in [0.2, 0.25) is 0 Å². The number of phenolic OH excluding ortho intramolecular Hbond substituents is 1. The normalized spacial score (nSPS) is 22.2. The number of rotatable bonds is 6. The highest BCUT2D eigenvalue weighted by atomic mass is 16.3. The molecule has 1 atom stereocenters. The molecule has 2 aromatic rings. The van der Waals surface area contributed by atoms with Crippen molar-refractivity contribution in [2.75, 3.05) is 6.54 Å². The van der Waals surface area contributed by atoms with E-state index >= 15 is 0 Å². The zero-order chi connectivity index (χ0) is 16.8. The largest absolute Gasteiger partial charge is 0.508 e. The van der Waals surface area contributed by atoms with Crippen LogP contribution in [0.15, 0.2) is 54.6 Å². The molecule has 0 aromatic heterocycles. The first-order valence-corrected chi connectivity index (χ1v) is 8.98. The Hall–Kier alpha value is -1.84. The lowest BCUT2D eigenvalue weighted by Crippen LogP contribution is -2.34. The Bertz CT molecular complexity index is 621. The van der Waals surface area contributed by atoms with Crippen LogP contribution in [-0.2, 0) is 0 Å². The highest BCUT2D eigenvalue weighted by Crippen LogP contribution is 2.36. The van der Waals surface area contributed by atoms with Crippen LogP contribution < -0.4 is 5.32 Å². The van der Waals surface area contributed by atoms with Gasteiger partial charge in [-0.05, 0) is 61.8 Å². The minimum atomic E-state index is -0.392. The van der Waals surface area contributed by atoms with E-state index in [0.29, 0.717) is 17.7 Å². The molecule has 3 N–H and O–H groups in total. The lowest BCUT2D eigenvalue weighted by Gasteiger charge is -2.30.